The predicted molar refractivity (Wildman–Crippen MR) is 144 cm³/mol. The first-order valence-electron chi connectivity index (χ1n) is 12.9. The maximum atomic E-state index is 12.7. The second kappa shape index (κ2) is 13.8. The summed E-state index contributed by atoms with van der Waals surface area (Å²) in [5.74, 6) is 0.238. The number of fused-ring (bicyclic) bond motifs is 1. The molecule has 208 valence electrons. The lowest BCUT2D eigenvalue weighted by molar-refractivity contribution is -0.138. The molecule has 3 aliphatic rings. The van der Waals surface area contributed by atoms with Crippen LogP contribution in [-0.2, 0) is 19.6 Å². The van der Waals surface area contributed by atoms with Crippen molar-refractivity contribution in [3.05, 3.63) is 48.5 Å². The zero-order valence-corrected chi connectivity index (χ0v) is 23.0. The van der Waals surface area contributed by atoms with Crippen molar-refractivity contribution in [3.8, 4) is 16.9 Å². The number of benzene rings is 2. The number of carbonyl (C=O) groups is 2. The number of rotatable bonds is 12. The first-order chi connectivity index (χ1) is 18.1. The van der Waals surface area contributed by atoms with E-state index in [9.17, 15) is 18.0 Å². The Morgan fingerprint density at radius 2 is 1.74 bits per heavy atom. The van der Waals surface area contributed by atoms with E-state index in [0.717, 1.165) is 12.8 Å². The number of Topliss-reactive ketones (excluding diaryl/α,β-unsaturated/α-hetero) is 1. The van der Waals surface area contributed by atoms with Crippen molar-refractivity contribution < 1.29 is 28.0 Å². The number of ketones is 1. The third-order valence-electron chi connectivity index (χ3n) is 6.58. The Morgan fingerprint density at radius 3 is 2.24 bits per heavy atom. The standard InChI is InChI=1S/C21H34N4O6S.C6H4/c1-15(2)5-4-12-31-17-6-8-18(9-7-17)32(29,30)23-14-20(21(27)24-28)25-11-10-22-13-19(25)16(3)26;1-2-6-4-3-5(1)6/h6-9,15,19-20,22-23,28H,4-5,10-14H2,1-3H3,(H,24,27);1-4H. The summed E-state index contributed by atoms with van der Waals surface area (Å²) >= 11 is 0. The van der Waals surface area contributed by atoms with Gasteiger partial charge >= 0.3 is 0 Å². The number of hydroxylamine groups is 1. The van der Waals surface area contributed by atoms with E-state index >= 15 is 0 Å². The highest BCUT2D eigenvalue weighted by atomic mass is 32.2. The molecule has 0 aromatic heterocycles. The van der Waals surface area contributed by atoms with Crippen LogP contribution in [-0.4, -0.2) is 75.1 Å². The summed E-state index contributed by atoms with van der Waals surface area (Å²) in [5, 5.41) is 12.2. The monoisotopic (exact) mass is 546 g/mol. The number of hydrogen-bond acceptors (Lipinski definition) is 8. The largest absolute Gasteiger partial charge is 0.494 e. The summed E-state index contributed by atoms with van der Waals surface area (Å²) in [5.41, 5.74) is 4.42. The van der Waals surface area contributed by atoms with E-state index in [2.05, 4.69) is 48.2 Å². The molecule has 38 heavy (non-hydrogen) atoms. The molecule has 4 rings (SSSR count). The Morgan fingerprint density at radius 1 is 1.11 bits per heavy atom. The smallest absolute Gasteiger partial charge is 0.262 e. The summed E-state index contributed by atoms with van der Waals surface area (Å²) < 4.78 is 33.6. The zero-order valence-electron chi connectivity index (χ0n) is 22.1. The summed E-state index contributed by atoms with van der Waals surface area (Å²) in [6, 6.07) is 12.9. The van der Waals surface area contributed by atoms with Gasteiger partial charge in [-0.05, 0) is 61.1 Å². The van der Waals surface area contributed by atoms with Crippen molar-refractivity contribution in [2.45, 2.75) is 50.6 Å². The van der Waals surface area contributed by atoms with Crippen LogP contribution in [0, 0.1) is 5.92 Å². The molecule has 1 aromatic carbocycles. The van der Waals surface area contributed by atoms with Crippen molar-refractivity contribution in [3.63, 3.8) is 0 Å². The van der Waals surface area contributed by atoms with Crippen LogP contribution in [0.15, 0.2) is 53.4 Å². The number of ether oxygens (including phenoxy) is 1. The molecule has 0 bridgehead atoms. The van der Waals surface area contributed by atoms with Crippen LogP contribution < -0.4 is 20.3 Å². The van der Waals surface area contributed by atoms with Crippen molar-refractivity contribution in [2.75, 3.05) is 32.8 Å². The maximum Gasteiger partial charge on any atom is 0.262 e. The maximum absolute atomic E-state index is 12.7. The van der Waals surface area contributed by atoms with Crippen LogP contribution in [0.4, 0.5) is 0 Å². The van der Waals surface area contributed by atoms with Crippen molar-refractivity contribution >= 4 is 21.7 Å². The fourth-order valence-electron chi connectivity index (χ4n) is 4.24. The average Bonchev–Trinajstić information content (AvgIpc) is 2.89. The van der Waals surface area contributed by atoms with Crippen LogP contribution >= 0.6 is 0 Å². The van der Waals surface area contributed by atoms with E-state index in [1.54, 1.807) is 22.5 Å². The molecular weight excluding hydrogens is 508 g/mol. The van der Waals surface area contributed by atoms with Crippen molar-refractivity contribution in [1.29, 1.82) is 0 Å². The molecule has 1 saturated heterocycles. The van der Waals surface area contributed by atoms with Gasteiger partial charge in [0, 0.05) is 26.2 Å². The molecule has 1 amide bonds. The Hall–Kier alpha value is -2.83. The molecule has 1 heterocycles. The number of amides is 1. The zero-order chi connectivity index (χ0) is 27.7. The minimum Gasteiger partial charge on any atom is -0.494 e. The van der Waals surface area contributed by atoms with Crippen molar-refractivity contribution in [1.82, 2.24) is 20.4 Å². The van der Waals surface area contributed by atoms with Gasteiger partial charge in [0.05, 0.1) is 17.5 Å². The van der Waals surface area contributed by atoms with Crippen LogP contribution in [0.5, 0.6) is 5.75 Å². The van der Waals surface area contributed by atoms with Gasteiger partial charge in [-0.2, -0.15) is 0 Å². The molecule has 0 spiro atoms. The second-order valence-corrected chi connectivity index (χ2v) is 11.6. The Bertz CT molecular complexity index is 1150. The molecule has 4 N–H and O–H groups in total. The van der Waals surface area contributed by atoms with Crippen molar-refractivity contribution in [2.24, 2.45) is 5.92 Å². The van der Waals surface area contributed by atoms with Gasteiger partial charge in [0.25, 0.3) is 5.91 Å². The molecule has 2 aliphatic carbocycles. The molecule has 11 heteroatoms. The lowest BCUT2D eigenvalue weighted by Crippen LogP contribution is -2.63. The van der Waals surface area contributed by atoms with E-state index < -0.39 is 28.0 Å². The SMILES string of the molecule is CC(=O)C1CNCCN1C(CNS(=O)(=O)c1ccc(OCCCC(C)C)cc1)C(=O)NO.c1cc2ccc1-2. The van der Waals surface area contributed by atoms with E-state index in [4.69, 9.17) is 9.94 Å². The summed E-state index contributed by atoms with van der Waals surface area (Å²) in [4.78, 5) is 25.9. The van der Waals surface area contributed by atoms with Gasteiger partial charge in [-0.3, -0.25) is 19.7 Å². The third kappa shape index (κ3) is 8.08. The summed E-state index contributed by atoms with van der Waals surface area (Å²) in [7, 11) is -3.92. The normalized spacial score (nSPS) is 17.2. The van der Waals surface area contributed by atoms with Gasteiger partial charge < -0.3 is 10.1 Å². The Labute approximate surface area is 224 Å². The highest BCUT2D eigenvalue weighted by molar-refractivity contribution is 7.89. The van der Waals surface area contributed by atoms with Gasteiger partial charge in [0.2, 0.25) is 10.0 Å². The Kier molecular flexibility index (Phi) is 10.8. The Balaban J connectivity index is 0.000000572. The van der Waals surface area contributed by atoms with E-state index in [1.807, 2.05) is 0 Å². The lowest BCUT2D eigenvalue weighted by Gasteiger charge is -2.39. The fourth-order valence-corrected chi connectivity index (χ4v) is 5.28. The van der Waals surface area contributed by atoms with Gasteiger partial charge in [-0.25, -0.2) is 18.6 Å². The lowest BCUT2D eigenvalue weighted by atomic mass is 9.95. The van der Waals surface area contributed by atoms with Gasteiger partial charge in [-0.1, -0.05) is 38.1 Å². The number of piperazine rings is 1. The van der Waals surface area contributed by atoms with Crippen LogP contribution in [0.25, 0.3) is 11.1 Å². The van der Waals surface area contributed by atoms with Crippen LogP contribution in [0.1, 0.15) is 33.6 Å². The molecule has 1 aliphatic heterocycles. The van der Waals surface area contributed by atoms with Gasteiger partial charge in [0.15, 0.2) is 0 Å². The van der Waals surface area contributed by atoms with Crippen LogP contribution in [0.2, 0.25) is 0 Å². The van der Waals surface area contributed by atoms with E-state index in [0.29, 0.717) is 37.9 Å². The number of nitrogens with one attached hydrogen (secondary N) is 3. The van der Waals surface area contributed by atoms with Gasteiger partial charge in [0.1, 0.15) is 17.6 Å². The molecule has 0 saturated carbocycles. The second-order valence-electron chi connectivity index (χ2n) is 9.85. The van der Waals surface area contributed by atoms with E-state index in [-0.39, 0.29) is 17.2 Å². The number of nitrogens with zero attached hydrogens (tertiary/aromatic N) is 1. The van der Waals surface area contributed by atoms with E-state index in [1.165, 1.54) is 30.2 Å². The molecule has 1 aromatic rings. The fraction of sp³-hybridized carbons (Fsp3) is 0.481. The molecule has 10 nitrogen and oxygen atoms in total. The topological polar surface area (TPSA) is 137 Å². The van der Waals surface area contributed by atoms with Crippen LogP contribution in [0.3, 0.4) is 0 Å². The first-order valence-corrected chi connectivity index (χ1v) is 14.3. The quantitative estimate of drug-likeness (QED) is 0.154. The summed E-state index contributed by atoms with van der Waals surface area (Å²) in [6.07, 6.45) is 1.97. The molecule has 2 unspecified atom stereocenters. The third-order valence-corrected chi connectivity index (χ3v) is 8.02. The minimum absolute atomic E-state index is 0.0265. The number of hydrogen-bond donors (Lipinski definition) is 4. The minimum atomic E-state index is -3.92. The first kappa shape index (κ1) is 29.7. The number of sulfonamides is 1. The molecule has 1 fully saturated rings. The molecule has 2 atom stereocenters. The average molecular weight is 547 g/mol. The molecular formula is C27H38N4O6S. The highest BCUT2D eigenvalue weighted by Gasteiger charge is 2.36. The summed E-state index contributed by atoms with van der Waals surface area (Å²) in [6.45, 7) is 7.19. The number of carbonyl (C=O) groups excluding carboxylic acids is 2. The molecule has 0 radical (unpaired) electrons. The predicted octanol–water partition coefficient (Wildman–Crippen LogP) is 2.18. The van der Waals surface area contributed by atoms with Gasteiger partial charge in [-0.15, -0.1) is 0 Å². The highest BCUT2D eigenvalue weighted by Crippen LogP contribution is 2.29.